The molecule has 1 atom stereocenters. The van der Waals surface area contributed by atoms with E-state index in [4.69, 9.17) is 4.74 Å². The highest BCUT2D eigenvalue weighted by Crippen LogP contribution is 2.61. The van der Waals surface area contributed by atoms with Gasteiger partial charge in [0, 0.05) is 6.04 Å². The third-order valence-electron chi connectivity index (χ3n) is 7.22. The van der Waals surface area contributed by atoms with E-state index in [1.807, 2.05) is 13.0 Å². The molecule has 5 heteroatoms. The highest BCUT2D eigenvalue weighted by Gasteiger charge is 2.53. The minimum atomic E-state index is -0.276. The molecule has 2 amide bonds. The van der Waals surface area contributed by atoms with Gasteiger partial charge < -0.3 is 15.4 Å². The highest BCUT2D eigenvalue weighted by atomic mass is 16.5. The van der Waals surface area contributed by atoms with E-state index in [1.165, 1.54) is 38.5 Å². The summed E-state index contributed by atoms with van der Waals surface area (Å²) in [7, 11) is 0. The van der Waals surface area contributed by atoms with Crippen molar-refractivity contribution in [3.8, 4) is 5.75 Å². The molecular formula is C23H32N2O3. The zero-order valence-electron chi connectivity index (χ0n) is 17.0. The summed E-state index contributed by atoms with van der Waals surface area (Å²) in [5.74, 6) is 2.75. The number of ether oxygens (including phenoxy) is 1. The Morgan fingerprint density at radius 2 is 1.71 bits per heavy atom. The Bertz CT molecular complexity index is 710. The molecule has 0 spiro atoms. The first-order valence-corrected chi connectivity index (χ1v) is 10.8. The van der Waals surface area contributed by atoms with Gasteiger partial charge in [-0.15, -0.1) is 0 Å². The van der Waals surface area contributed by atoms with E-state index in [0.29, 0.717) is 17.9 Å². The van der Waals surface area contributed by atoms with Crippen molar-refractivity contribution in [2.75, 3.05) is 13.2 Å². The Morgan fingerprint density at radius 3 is 2.32 bits per heavy atom. The van der Waals surface area contributed by atoms with E-state index in [1.54, 1.807) is 18.2 Å². The summed E-state index contributed by atoms with van der Waals surface area (Å²) in [5, 5.41) is 5.94. The van der Waals surface area contributed by atoms with Crippen molar-refractivity contribution in [3.63, 3.8) is 0 Å². The number of benzene rings is 1. The van der Waals surface area contributed by atoms with Gasteiger partial charge in [-0.3, -0.25) is 9.59 Å². The SMILES string of the molecule is CCOc1ccccc1C(=O)NCC(=O)N[C@@H](C)C12CC3CC(CC(C3)C1)C2. The van der Waals surface area contributed by atoms with Crippen molar-refractivity contribution in [3.05, 3.63) is 29.8 Å². The summed E-state index contributed by atoms with van der Waals surface area (Å²) in [6.45, 7) is 4.54. The van der Waals surface area contributed by atoms with Gasteiger partial charge in [-0.2, -0.15) is 0 Å². The Kier molecular flexibility index (Phi) is 5.35. The van der Waals surface area contributed by atoms with Crippen molar-refractivity contribution in [1.29, 1.82) is 0 Å². The smallest absolute Gasteiger partial charge is 0.255 e. The first kappa shape index (κ1) is 19.3. The van der Waals surface area contributed by atoms with Crippen LogP contribution in [0.5, 0.6) is 5.75 Å². The van der Waals surface area contributed by atoms with Gasteiger partial charge in [-0.25, -0.2) is 0 Å². The summed E-state index contributed by atoms with van der Waals surface area (Å²) in [4.78, 5) is 25.0. The van der Waals surface area contributed by atoms with Crippen LogP contribution in [0, 0.1) is 23.2 Å². The number of rotatable bonds is 7. The topological polar surface area (TPSA) is 67.4 Å². The van der Waals surface area contributed by atoms with Gasteiger partial charge in [0.1, 0.15) is 5.75 Å². The molecule has 4 aliphatic rings. The fourth-order valence-electron chi connectivity index (χ4n) is 6.34. The average Bonchev–Trinajstić information content (AvgIpc) is 2.66. The van der Waals surface area contributed by atoms with Gasteiger partial charge in [0.05, 0.1) is 18.7 Å². The van der Waals surface area contributed by atoms with Gasteiger partial charge in [-0.1, -0.05) is 12.1 Å². The maximum Gasteiger partial charge on any atom is 0.255 e. The third kappa shape index (κ3) is 3.76. The summed E-state index contributed by atoms with van der Waals surface area (Å²) < 4.78 is 5.51. The number of carbonyl (C=O) groups is 2. The third-order valence-corrected chi connectivity index (χ3v) is 7.22. The lowest BCUT2D eigenvalue weighted by atomic mass is 9.48. The molecule has 0 unspecified atom stereocenters. The monoisotopic (exact) mass is 384 g/mol. The molecule has 0 heterocycles. The van der Waals surface area contributed by atoms with Crippen LogP contribution in [0.1, 0.15) is 62.7 Å². The molecule has 5 rings (SSSR count). The highest BCUT2D eigenvalue weighted by molar-refractivity contribution is 5.98. The molecule has 4 aliphatic carbocycles. The summed E-state index contributed by atoms with van der Waals surface area (Å²) in [6.07, 6.45) is 7.97. The Balaban J connectivity index is 1.32. The fraction of sp³-hybridized carbons (Fsp3) is 0.652. The van der Waals surface area contributed by atoms with E-state index in [9.17, 15) is 9.59 Å². The lowest BCUT2D eigenvalue weighted by Crippen LogP contribution is -2.56. The van der Waals surface area contributed by atoms with Crippen molar-refractivity contribution in [2.24, 2.45) is 23.2 Å². The first-order chi connectivity index (χ1) is 13.5. The van der Waals surface area contributed by atoms with E-state index in [0.717, 1.165) is 17.8 Å². The molecule has 1 aromatic carbocycles. The second-order valence-electron chi connectivity index (χ2n) is 9.18. The number of amides is 2. The number of para-hydroxylation sites is 1. The van der Waals surface area contributed by atoms with Crippen molar-refractivity contribution >= 4 is 11.8 Å². The Morgan fingerprint density at radius 1 is 1.11 bits per heavy atom. The maximum absolute atomic E-state index is 12.5. The van der Waals surface area contributed by atoms with Crippen LogP contribution in [0.25, 0.3) is 0 Å². The van der Waals surface area contributed by atoms with Gasteiger partial charge in [0.25, 0.3) is 5.91 Å². The maximum atomic E-state index is 12.5. The zero-order valence-corrected chi connectivity index (χ0v) is 17.0. The minimum absolute atomic E-state index is 0.00397. The van der Waals surface area contributed by atoms with E-state index >= 15 is 0 Å². The standard InChI is InChI=1S/C23H32N2O3/c1-3-28-20-7-5-4-6-19(20)22(27)24-14-21(26)25-15(2)23-11-16-8-17(12-23)10-18(9-16)13-23/h4-7,15-18H,3,8-14H2,1-2H3,(H,24,27)(H,25,26)/t15-,16?,17?,18?,23?/m0/s1. The van der Waals surface area contributed by atoms with Crippen molar-refractivity contribution in [2.45, 2.75) is 58.4 Å². The van der Waals surface area contributed by atoms with Crippen LogP contribution in [0.15, 0.2) is 24.3 Å². The molecule has 0 aromatic heterocycles. The number of nitrogens with one attached hydrogen (secondary N) is 2. The normalized spacial score (nSPS) is 31.3. The molecule has 0 saturated heterocycles. The molecule has 4 saturated carbocycles. The lowest BCUT2D eigenvalue weighted by molar-refractivity contribution is -0.124. The van der Waals surface area contributed by atoms with Crippen LogP contribution in [-0.4, -0.2) is 31.0 Å². The number of hydrogen-bond donors (Lipinski definition) is 2. The number of hydrogen-bond acceptors (Lipinski definition) is 3. The molecule has 2 N–H and O–H groups in total. The number of carbonyl (C=O) groups excluding carboxylic acids is 2. The largest absolute Gasteiger partial charge is 0.493 e. The predicted octanol–water partition coefficient (Wildman–Crippen LogP) is 3.54. The van der Waals surface area contributed by atoms with E-state index in [2.05, 4.69) is 17.6 Å². The van der Waals surface area contributed by atoms with Gasteiger partial charge >= 0.3 is 0 Å². The summed E-state index contributed by atoms with van der Waals surface area (Å²) >= 11 is 0. The zero-order chi connectivity index (χ0) is 19.7. The van der Waals surface area contributed by atoms with Crippen LogP contribution in [0.2, 0.25) is 0 Å². The molecule has 28 heavy (non-hydrogen) atoms. The molecule has 4 fully saturated rings. The molecule has 0 radical (unpaired) electrons. The quantitative estimate of drug-likeness (QED) is 0.756. The molecule has 1 aromatic rings. The Hall–Kier alpha value is -2.04. The molecular weight excluding hydrogens is 352 g/mol. The summed E-state index contributed by atoms with van der Waals surface area (Å²) in [6, 6.07) is 7.29. The van der Waals surface area contributed by atoms with Crippen LogP contribution in [0.4, 0.5) is 0 Å². The fourth-order valence-corrected chi connectivity index (χ4v) is 6.34. The first-order valence-electron chi connectivity index (χ1n) is 10.8. The second-order valence-corrected chi connectivity index (χ2v) is 9.18. The van der Waals surface area contributed by atoms with Crippen LogP contribution in [0.3, 0.4) is 0 Å². The lowest BCUT2D eigenvalue weighted by Gasteiger charge is -2.59. The van der Waals surface area contributed by atoms with Crippen LogP contribution >= 0.6 is 0 Å². The Labute approximate surface area is 167 Å². The van der Waals surface area contributed by atoms with Crippen molar-refractivity contribution in [1.82, 2.24) is 10.6 Å². The molecule has 0 aliphatic heterocycles. The summed E-state index contributed by atoms with van der Waals surface area (Å²) in [5.41, 5.74) is 0.738. The molecule has 5 nitrogen and oxygen atoms in total. The van der Waals surface area contributed by atoms with Crippen LogP contribution < -0.4 is 15.4 Å². The van der Waals surface area contributed by atoms with Gasteiger partial charge in [0.2, 0.25) is 5.91 Å². The second kappa shape index (κ2) is 7.76. The van der Waals surface area contributed by atoms with Crippen molar-refractivity contribution < 1.29 is 14.3 Å². The molecule has 4 bridgehead atoms. The molecule has 152 valence electrons. The predicted molar refractivity (Wildman–Crippen MR) is 108 cm³/mol. The van der Waals surface area contributed by atoms with E-state index in [-0.39, 0.29) is 29.8 Å². The van der Waals surface area contributed by atoms with Crippen LogP contribution in [-0.2, 0) is 4.79 Å². The van der Waals surface area contributed by atoms with Gasteiger partial charge in [-0.05, 0) is 87.7 Å². The van der Waals surface area contributed by atoms with E-state index < -0.39 is 0 Å². The average molecular weight is 385 g/mol. The minimum Gasteiger partial charge on any atom is -0.493 e. The van der Waals surface area contributed by atoms with Gasteiger partial charge in [0.15, 0.2) is 0 Å².